The van der Waals surface area contributed by atoms with Gasteiger partial charge in [0.05, 0.1) is 10.8 Å². The van der Waals surface area contributed by atoms with Gasteiger partial charge in [0, 0.05) is 7.05 Å². The van der Waals surface area contributed by atoms with Crippen LogP contribution in [0.3, 0.4) is 0 Å². The highest BCUT2D eigenvalue weighted by Gasteiger charge is 2.12. The molecule has 0 fully saturated rings. The molecule has 0 aliphatic carbocycles. The van der Waals surface area contributed by atoms with Gasteiger partial charge < -0.3 is 15.0 Å². The van der Waals surface area contributed by atoms with Crippen molar-refractivity contribution >= 4 is 29.3 Å². The molecule has 2 aromatic rings. The number of amides is 1. The SMILES string of the molecule is Cn1c(COc2ccc(F)cc2Cl)nnc1SCC(N)=O. The molecule has 0 atom stereocenters. The minimum absolute atomic E-state index is 0.117. The fourth-order valence-corrected chi connectivity index (χ4v) is 2.36. The first-order valence-corrected chi connectivity index (χ1v) is 7.21. The maximum atomic E-state index is 12.9. The molecule has 0 spiro atoms. The van der Waals surface area contributed by atoms with Gasteiger partial charge in [0.25, 0.3) is 0 Å². The second-order valence-electron chi connectivity index (χ2n) is 4.08. The van der Waals surface area contributed by atoms with Crippen LogP contribution in [0, 0.1) is 5.82 Å². The number of aromatic nitrogens is 3. The average molecular weight is 331 g/mol. The number of benzene rings is 1. The fourth-order valence-electron chi connectivity index (χ4n) is 1.47. The Morgan fingerprint density at radius 1 is 1.52 bits per heavy atom. The molecule has 112 valence electrons. The second kappa shape index (κ2) is 6.77. The van der Waals surface area contributed by atoms with Gasteiger partial charge in [-0.25, -0.2) is 4.39 Å². The van der Waals surface area contributed by atoms with Crippen LogP contribution in [0.15, 0.2) is 23.4 Å². The molecule has 21 heavy (non-hydrogen) atoms. The highest BCUT2D eigenvalue weighted by atomic mass is 35.5. The van der Waals surface area contributed by atoms with Crippen LogP contribution in [0.2, 0.25) is 5.02 Å². The first-order valence-electron chi connectivity index (χ1n) is 5.84. The number of hydrogen-bond acceptors (Lipinski definition) is 5. The molecule has 2 N–H and O–H groups in total. The van der Waals surface area contributed by atoms with Crippen molar-refractivity contribution in [2.45, 2.75) is 11.8 Å². The van der Waals surface area contributed by atoms with E-state index >= 15 is 0 Å². The molecule has 6 nitrogen and oxygen atoms in total. The van der Waals surface area contributed by atoms with Crippen molar-refractivity contribution < 1.29 is 13.9 Å². The smallest absolute Gasteiger partial charge is 0.227 e. The van der Waals surface area contributed by atoms with Gasteiger partial charge in [0.1, 0.15) is 18.2 Å². The zero-order valence-corrected chi connectivity index (χ0v) is 12.6. The minimum Gasteiger partial charge on any atom is -0.484 e. The molecule has 1 aromatic carbocycles. The van der Waals surface area contributed by atoms with E-state index in [-0.39, 0.29) is 17.4 Å². The Labute approximate surface area is 129 Å². The molecule has 0 aliphatic heterocycles. The van der Waals surface area contributed by atoms with E-state index < -0.39 is 11.7 Å². The predicted molar refractivity (Wildman–Crippen MR) is 76.7 cm³/mol. The van der Waals surface area contributed by atoms with Crippen LogP contribution < -0.4 is 10.5 Å². The standard InChI is InChI=1S/C12H12ClFN4O2S/c1-18-11(16-17-12(18)21-6-10(15)19)5-20-9-3-2-7(14)4-8(9)13/h2-4H,5-6H2,1H3,(H2,15,19). The lowest BCUT2D eigenvalue weighted by atomic mass is 10.3. The van der Waals surface area contributed by atoms with Crippen molar-refractivity contribution in [3.05, 3.63) is 34.9 Å². The molecule has 0 unspecified atom stereocenters. The Morgan fingerprint density at radius 3 is 2.95 bits per heavy atom. The maximum absolute atomic E-state index is 12.9. The van der Waals surface area contributed by atoms with Gasteiger partial charge in [-0.3, -0.25) is 4.79 Å². The Kier molecular flexibility index (Phi) is 5.03. The van der Waals surface area contributed by atoms with Gasteiger partial charge in [-0.1, -0.05) is 23.4 Å². The second-order valence-corrected chi connectivity index (χ2v) is 5.43. The van der Waals surface area contributed by atoms with Crippen LogP contribution in [-0.2, 0) is 18.4 Å². The predicted octanol–water partition coefficient (Wildman–Crippen LogP) is 1.76. The molecule has 0 aliphatic rings. The van der Waals surface area contributed by atoms with Gasteiger partial charge in [0.2, 0.25) is 5.91 Å². The zero-order valence-electron chi connectivity index (χ0n) is 11.0. The number of nitrogens with two attached hydrogens (primary N) is 1. The Morgan fingerprint density at radius 2 is 2.29 bits per heavy atom. The van der Waals surface area contributed by atoms with Crippen LogP contribution in [0.4, 0.5) is 4.39 Å². The number of primary amides is 1. The summed E-state index contributed by atoms with van der Waals surface area (Å²) in [5.41, 5.74) is 5.07. The summed E-state index contributed by atoms with van der Waals surface area (Å²) in [5, 5.41) is 8.62. The molecule has 1 amide bonds. The number of halogens is 2. The summed E-state index contributed by atoms with van der Waals surface area (Å²) in [6.45, 7) is 0.117. The van der Waals surface area contributed by atoms with Crippen molar-refractivity contribution in [2.24, 2.45) is 12.8 Å². The van der Waals surface area contributed by atoms with Gasteiger partial charge in [-0.15, -0.1) is 10.2 Å². The van der Waals surface area contributed by atoms with Crippen LogP contribution in [0.25, 0.3) is 0 Å². The average Bonchev–Trinajstić information content (AvgIpc) is 2.76. The third kappa shape index (κ3) is 4.08. The number of carbonyl (C=O) groups excluding carboxylic acids is 1. The summed E-state index contributed by atoms with van der Waals surface area (Å²) < 4.78 is 20.1. The summed E-state index contributed by atoms with van der Waals surface area (Å²) in [6, 6.07) is 3.87. The molecule has 1 heterocycles. The minimum atomic E-state index is -0.434. The lowest BCUT2D eigenvalue weighted by molar-refractivity contribution is -0.115. The summed E-state index contributed by atoms with van der Waals surface area (Å²) >= 11 is 7.05. The van der Waals surface area contributed by atoms with E-state index in [0.717, 1.165) is 0 Å². The van der Waals surface area contributed by atoms with E-state index in [1.807, 2.05) is 0 Å². The lowest BCUT2D eigenvalue weighted by Gasteiger charge is -2.07. The van der Waals surface area contributed by atoms with Crippen LogP contribution in [0.1, 0.15) is 5.82 Å². The molecule has 0 saturated carbocycles. The molecule has 9 heteroatoms. The van der Waals surface area contributed by atoms with E-state index in [2.05, 4.69) is 10.2 Å². The highest BCUT2D eigenvalue weighted by molar-refractivity contribution is 7.99. The van der Waals surface area contributed by atoms with Crippen molar-refractivity contribution in [1.29, 1.82) is 0 Å². The summed E-state index contributed by atoms with van der Waals surface area (Å²) in [4.78, 5) is 10.7. The quantitative estimate of drug-likeness (QED) is 0.816. The highest BCUT2D eigenvalue weighted by Crippen LogP contribution is 2.25. The van der Waals surface area contributed by atoms with Crippen LogP contribution >= 0.6 is 23.4 Å². The number of hydrogen-bond donors (Lipinski definition) is 1. The molecule has 0 radical (unpaired) electrons. The van der Waals surface area contributed by atoms with Crippen LogP contribution in [-0.4, -0.2) is 26.4 Å². The number of carbonyl (C=O) groups is 1. The van der Waals surface area contributed by atoms with Crippen molar-refractivity contribution in [1.82, 2.24) is 14.8 Å². The largest absolute Gasteiger partial charge is 0.484 e. The first-order chi connectivity index (χ1) is 9.97. The summed E-state index contributed by atoms with van der Waals surface area (Å²) in [7, 11) is 1.74. The maximum Gasteiger partial charge on any atom is 0.227 e. The van der Waals surface area contributed by atoms with Gasteiger partial charge in [0.15, 0.2) is 11.0 Å². The molecular formula is C12H12ClFN4O2S. The first kappa shape index (κ1) is 15.6. The normalized spacial score (nSPS) is 10.6. The van der Waals surface area contributed by atoms with E-state index in [9.17, 15) is 9.18 Å². The van der Waals surface area contributed by atoms with Gasteiger partial charge >= 0.3 is 0 Å². The van der Waals surface area contributed by atoms with Crippen molar-refractivity contribution in [3.8, 4) is 5.75 Å². The summed E-state index contributed by atoms with van der Waals surface area (Å²) in [6.07, 6.45) is 0. The number of ether oxygens (including phenoxy) is 1. The summed E-state index contributed by atoms with van der Waals surface area (Å²) in [5.74, 6) is 0.154. The molecular weight excluding hydrogens is 319 g/mol. The van der Waals surface area contributed by atoms with Gasteiger partial charge in [-0.2, -0.15) is 0 Å². The third-order valence-corrected chi connectivity index (χ3v) is 3.86. The monoisotopic (exact) mass is 330 g/mol. The van der Waals surface area contributed by atoms with E-state index in [4.69, 9.17) is 22.1 Å². The van der Waals surface area contributed by atoms with Crippen molar-refractivity contribution in [2.75, 3.05) is 5.75 Å². The van der Waals surface area contributed by atoms with Gasteiger partial charge in [-0.05, 0) is 18.2 Å². The topological polar surface area (TPSA) is 83.0 Å². The lowest BCUT2D eigenvalue weighted by Crippen LogP contribution is -2.13. The third-order valence-electron chi connectivity index (χ3n) is 2.52. The van der Waals surface area contributed by atoms with E-state index in [1.54, 1.807) is 11.6 Å². The fraction of sp³-hybridized carbons (Fsp3) is 0.250. The zero-order chi connectivity index (χ0) is 15.4. The molecule has 0 saturated heterocycles. The van der Waals surface area contributed by atoms with Crippen molar-refractivity contribution in [3.63, 3.8) is 0 Å². The van der Waals surface area contributed by atoms with Crippen LogP contribution in [0.5, 0.6) is 5.75 Å². The number of nitrogens with zero attached hydrogens (tertiary/aromatic N) is 3. The number of thioether (sulfide) groups is 1. The molecule has 1 aromatic heterocycles. The molecule has 0 bridgehead atoms. The Hall–Kier alpha value is -1.80. The Bertz CT molecular complexity index is 665. The van der Waals surface area contributed by atoms with E-state index in [1.165, 1.54) is 30.0 Å². The van der Waals surface area contributed by atoms with E-state index in [0.29, 0.717) is 16.7 Å². The molecule has 2 rings (SSSR count). The number of rotatable bonds is 6. The Balaban J connectivity index is 2.02.